The Morgan fingerprint density at radius 3 is 2.47 bits per heavy atom. The van der Waals surface area contributed by atoms with Crippen LogP contribution in [0.5, 0.6) is 0 Å². The van der Waals surface area contributed by atoms with Gasteiger partial charge < -0.3 is 4.98 Å². The van der Waals surface area contributed by atoms with Gasteiger partial charge in [0, 0.05) is 10.7 Å². The second kappa shape index (κ2) is 4.70. The van der Waals surface area contributed by atoms with Gasteiger partial charge in [-0.1, -0.05) is 36.0 Å². The zero-order chi connectivity index (χ0) is 12.4. The summed E-state index contributed by atoms with van der Waals surface area (Å²) in [4.78, 5) is 3.05. The Hall–Kier alpha value is -1.63. The first kappa shape index (κ1) is 11.8. The number of nitrogens with one attached hydrogen (secondary N) is 1. The molecule has 0 fully saturated rings. The molecular weight excluding hydrogens is 252 g/mol. The molecule has 0 aliphatic carbocycles. The van der Waals surface area contributed by atoms with Crippen LogP contribution in [0, 0.1) is 22.9 Å². The van der Waals surface area contributed by atoms with Gasteiger partial charge in [0.05, 0.1) is 5.56 Å². The average molecular weight is 261 g/mol. The first-order valence-electron chi connectivity index (χ1n) is 5.02. The zero-order valence-electron chi connectivity index (χ0n) is 9.12. The number of halogens is 1. The predicted octanol–water partition coefficient (Wildman–Crippen LogP) is 4.24. The third kappa shape index (κ3) is 2.38. The number of benzene rings is 1. The summed E-state index contributed by atoms with van der Waals surface area (Å²) in [6.07, 6.45) is 0. The minimum atomic E-state index is 0.470. The topological polar surface area (TPSA) is 39.6 Å². The van der Waals surface area contributed by atoms with Gasteiger partial charge in [-0.15, -0.1) is 0 Å². The normalized spacial score (nSPS) is 9.94. The summed E-state index contributed by atoms with van der Waals surface area (Å²) in [6.45, 7) is 1.88. The Morgan fingerprint density at radius 2 is 1.94 bits per heavy atom. The summed E-state index contributed by atoms with van der Waals surface area (Å²) in [5.74, 6) is 0. The van der Waals surface area contributed by atoms with E-state index in [1.165, 1.54) is 0 Å². The van der Waals surface area contributed by atoms with E-state index in [0.29, 0.717) is 15.2 Å². The Morgan fingerprint density at radius 1 is 1.29 bits per heavy atom. The van der Waals surface area contributed by atoms with E-state index in [1.807, 2.05) is 37.3 Å². The highest BCUT2D eigenvalue weighted by atomic mass is 35.5. The summed E-state index contributed by atoms with van der Waals surface area (Å²) in [5, 5.41) is 9.64. The van der Waals surface area contributed by atoms with Gasteiger partial charge in [0.15, 0.2) is 0 Å². The second-order valence-electron chi connectivity index (χ2n) is 3.69. The average Bonchev–Trinajstić information content (AvgIpc) is 2.29. The fourth-order valence-corrected chi connectivity index (χ4v) is 2.06. The number of H-pyrrole nitrogens is 1. The highest BCUT2D eigenvalue weighted by Gasteiger charge is 2.04. The molecule has 0 saturated carbocycles. The molecule has 2 nitrogen and oxygen atoms in total. The quantitative estimate of drug-likeness (QED) is 0.779. The Bertz CT molecular complexity index is 651. The van der Waals surface area contributed by atoms with Crippen LogP contribution in [0.4, 0.5) is 0 Å². The molecule has 17 heavy (non-hydrogen) atoms. The van der Waals surface area contributed by atoms with Gasteiger partial charge in [-0.2, -0.15) is 5.26 Å². The van der Waals surface area contributed by atoms with Crippen LogP contribution in [0.3, 0.4) is 0 Å². The van der Waals surface area contributed by atoms with Crippen molar-refractivity contribution in [2.45, 2.75) is 6.92 Å². The number of rotatable bonds is 1. The third-order valence-electron chi connectivity index (χ3n) is 2.50. The van der Waals surface area contributed by atoms with E-state index in [1.54, 1.807) is 0 Å². The fourth-order valence-electron chi connectivity index (χ4n) is 1.61. The number of hydrogen-bond donors (Lipinski definition) is 1. The zero-order valence-corrected chi connectivity index (χ0v) is 10.7. The second-order valence-corrected chi connectivity index (χ2v) is 4.53. The predicted molar refractivity (Wildman–Crippen MR) is 71.5 cm³/mol. The molecule has 0 spiro atoms. The van der Waals surface area contributed by atoms with Crippen molar-refractivity contribution in [3.05, 3.63) is 51.1 Å². The van der Waals surface area contributed by atoms with Crippen molar-refractivity contribution >= 4 is 23.8 Å². The number of aromatic nitrogens is 1. The summed E-state index contributed by atoms with van der Waals surface area (Å²) < 4.78 is 0.470. The highest BCUT2D eigenvalue weighted by Crippen LogP contribution is 2.22. The number of aromatic amines is 1. The van der Waals surface area contributed by atoms with E-state index in [-0.39, 0.29) is 0 Å². The molecule has 0 radical (unpaired) electrons. The van der Waals surface area contributed by atoms with E-state index in [9.17, 15) is 0 Å². The molecule has 0 unspecified atom stereocenters. The van der Waals surface area contributed by atoms with E-state index in [2.05, 4.69) is 11.1 Å². The van der Waals surface area contributed by atoms with Gasteiger partial charge in [-0.05, 0) is 36.2 Å². The van der Waals surface area contributed by atoms with Crippen LogP contribution in [0.2, 0.25) is 5.02 Å². The fraction of sp³-hybridized carbons (Fsp3) is 0.0769. The van der Waals surface area contributed by atoms with E-state index in [4.69, 9.17) is 29.1 Å². The monoisotopic (exact) mass is 260 g/mol. The van der Waals surface area contributed by atoms with Crippen molar-refractivity contribution in [2.75, 3.05) is 0 Å². The molecule has 0 amide bonds. The smallest absolute Gasteiger partial charge is 0.121 e. The van der Waals surface area contributed by atoms with Gasteiger partial charge >= 0.3 is 0 Å². The maximum Gasteiger partial charge on any atom is 0.121 e. The SMILES string of the molecule is Cc1cc(-c2ccc(Cl)cc2)[nH]c(=S)c1C#N. The van der Waals surface area contributed by atoms with Gasteiger partial charge in [-0.3, -0.25) is 0 Å². The van der Waals surface area contributed by atoms with Gasteiger partial charge in [0.1, 0.15) is 10.7 Å². The first-order valence-corrected chi connectivity index (χ1v) is 5.80. The van der Waals surface area contributed by atoms with Crippen molar-refractivity contribution in [1.29, 1.82) is 5.26 Å². The standard InChI is InChI=1S/C13H9ClN2S/c1-8-6-12(16-13(17)11(8)7-15)9-2-4-10(14)5-3-9/h2-6H,1H3,(H,16,17). The minimum Gasteiger partial charge on any atom is -0.345 e. The van der Waals surface area contributed by atoms with Gasteiger partial charge in [-0.25, -0.2) is 0 Å². The maximum absolute atomic E-state index is 8.94. The third-order valence-corrected chi connectivity index (χ3v) is 3.06. The molecule has 0 aliphatic rings. The molecule has 4 heteroatoms. The van der Waals surface area contributed by atoms with E-state index in [0.717, 1.165) is 16.8 Å². The van der Waals surface area contributed by atoms with E-state index >= 15 is 0 Å². The first-order chi connectivity index (χ1) is 8.11. The number of nitriles is 1. The van der Waals surface area contributed by atoms with Crippen molar-refractivity contribution in [3.8, 4) is 17.3 Å². The van der Waals surface area contributed by atoms with Crippen molar-refractivity contribution in [1.82, 2.24) is 4.98 Å². The Labute approximate surface area is 109 Å². The lowest BCUT2D eigenvalue weighted by Gasteiger charge is -2.05. The molecule has 84 valence electrons. The summed E-state index contributed by atoms with van der Waals surface area (Å²) in [5.41, 5.74) is 3.29. The van der Waals surface area contributed by atoms with Crippen molar-refractivity contribution < 1.29 is 0 Å². The van der Waals surface area contributed by atoms with Gasteiger partial charge in [0.25, 0.3) is 0 Å². The van der Waals surface area contributed by atoms with Crippen LogP contribution in [0.1, 0.15) is 11.1 Å². The summed E-state index contributed by atoms with van der Waals surface area (Å²) in [7, 11) is 0. The molecule has 1 N–H and O–H groups in total. The highest BCUT2D eigenvalue weighted by molar-refractivity contribution is 7.71. The van der Waals surface area contributed by atoms with Crippen LogP contribution in [0.15, 0.2) is 30.3 Å². The molecular formula is C13H9ClN2S. The molecule has 0 aliphatic heterocycles. The van der Waals surface area contributed by atoms with Crippen LogP contribution in [-0.4, -0.2) is 4.98 Å². The summed E-state index contributed by atoms with van der Waals surface area (Å²) >= 11 is 11.0. The number of aryl methyl sites for hydroxylation is 1. The molecule has 2 aromatic rings. The molecule has 2 rings (SSSR count). The minimum absolute atomic E-state index is 0.470. The van der Waals surface area contributed by atoms with Crippen LogP contribution in [0.25, 0.3) is 11.3 Å². The maximum atomic E-state index is 8.94. The Balaban J connectivity index is 2.59. The number of pyridine rings is 1. The Kier molecular flexibility index (Phi) is 3.28. The van der Waals surface area contributed by atoms with Crippen LogP contribution >= 0.6 is 23.8 Å². The van der Waals surface area contributed by atoms with Crippen molar-refractivity contribution in [3.63, 3.8) is 0 Å². The molecule has 1 heterocycles. The molecule has 1 aromatic heterocycles. The van der Waals surface area contributed by atoms with E-state index < -0.39 is 0 Å². The molecule has 0 saturated heterocycles. The van der Waals surface area contributed by atoms with Gasteiger partial charge in [0.2, 0.25) is 0 Å². The molecule has 0 bridgehead atoms. The molecule has 0 atom stereocenters. The number of nitrogens with zero attached hydrogens (tertiary/aromatic N) is 1. The molecule has 1 aromatic carbocycles. The largest absolute Gasteiger partial charge is 0.345 e. The van der Waals surface area contributed by atoms with Crippen molar-refractivity contribution in [2.24, 2.45) is 0 Å². The van der Waals surface area contributed by atoms with Crippen LogP contribution in [-0.2, 0) is 0 Å². The lowest BCUT2D eigenvalue weighted by atomic mass is 10.1. The number of hydrogen-bond acceptors (Lipinski definition) is 2. The summed E-state index contributed by atoms with van der Waals surface area (Å²) in [6, 6.07) is 11.5. The van der Waals surface area contributed by atoms with Crippen LogP contribution < -0.4 is 0 Å². The lowest BCUT2D eigenvalue weighted by Crippen LogP contribution is -1.91. The lowest BCUT2D eigenvalue weighted by molar-refractivity contribution is 1.23.